The van der Waals surface area contributed by atoms with Gasteiger partial charge in [0.05, 0.1) is 6.42 Å². The van der Waals surface area contributed by atoms with E-state index >= 15 is 0 Å². The molecule has 2 unspecified atom stereocenters. The van der Waals surface area contributed by atoms with Crippen LogP contribution in [-0.4, -0.2) is 30.9 Å². The molecule has 3 nitrogen and oxygen atoms in total. The summed E-state index contributed by atoms with van der Waals surface area (Å²) in [5, 5.41) is 3.61. The minimum atomic E-state index is 0.146. The van der Waals surface area contributed by atoms with Gasteiger partial charge in [-0.1, -0.05) is 25.5 Å². The normalized spacial score (nSPS) is 21.8. The van der Waals surface area contributed by atoms with Crippen LogP contribution in [0.5, 0.6) is 0 Å². The Hall–Kier alpha value is -1.51. The lowest BCUT2D eigenvalue weighted by molar-refractivity contribution is -0.127. The van der Waals surface area contributed by atoms with Crippen molar-refractivity contribution >= 4 is 11.6 Å². The predicted molar refractivity (Wildman–Crippen MR) is 83.9 cm³/mol. The van der Waals surface area contributed by atoms with Crippen LogP contribution in [0.25, 0.3) is 0 Å². The van der Waals surface area contributed by atoms with Gasteiger partial charge in [0.15, 0.2) is 0 Å². The number of hydrogen-bond acceptors (Lipinski definition) is 2. The van der Waals surface area contributed by atoms with Crippen LogP contribution >= 0.6 is 0 Å². The molecule has 1 aliphatic rings. The number of hydrogen-bond donors (Lipinski definition) is 1. The van der Waals surface area contributed by atoms with Crippen molar-refractivity contribution in [2.45, 2.75) is 45.1 Å². The molecule has 110 valence electrons. The van der Waals surface area contributed by atoms with Crippen LogP contribution in [0.15, 0.2) is 24.3 Å². The Balaban J connectivity index is 1.87. The van der Waals surface area contributed by atoms with Crippen molar-refractivity contribution in [2.24, 2.45) is 5.92 Å². The van der Waals surface area contributed by atoms with Crippen LogP contribution in [0.1, 0.15) is 38.2 Å². The molecule has 1 aromatic carbocycles. The third kappa shape index (κ3) is 3.99. The highest BCUT2D eigenvalue weighted by Crippen LogP contribution is 2.30. The second-order valence-electron chi connectivity index (χ2n) is 6.09. The van der Waals surface area contributed by atoms with Crippen molar-refractivity contribution < 1.29 is 4.79 Å². The summed E-state index contributed by atoms with van der Waals surface area (Å²) in [5.41, 5.74) is 2.25. The molecule has 1 saturated carbocycles. The number of nitrogens with one attached hydrogen (secondary N) is 1. The number of amides is 1. The fourth-order valence-corrected chi connectivity index (χ4v) is 2.86. The molecule has 0 aliphatic heterocycles. The van der Waals surface area contributed by atoms with E-state index in [1.54, 1.807) is 19.0 Å². The standard InChI is InChI=1S/C17H26N2O/c1-4-13-5-10-16(11-13)18-15-8-6-14(7-9-15)12-17(20)19(2)3/h6-9,13,16,18H,4-5,10-12H2,1-3H3. The molecule has 0 radical (unpaired) electrons. The Kier molecular flexibility index (Phi) is 5.05. The van der Waals surface area contributed by atoms with E-state index < -0.39 is 0 Å². The zero-order valence-electron chi connectivity index (χ0n) is 12.9. The molecule has 1 aliphatic carbocycles. The molecular formula is C17H26N2O. The first-order valence-corrected chi connectivity index (χ1v) is 7.64. The van der Waals surface area contributed by atoms with Crippen molar-refractivity contribution in [3.05, 3.63) is 29.8 Å². The van der Waals surface area contributed by atoms with E-state index in [0.717, 1.165) is 11.5 Å². The minimum Gasteiger partial charge on any atom is -0.382 e. The molecule has 2 rings (SSSR count). The van der Waals surface area contributed by atoms with Gasteiger partial charge in [0, 0.05) is 25.8 Å². The lowest BCUT2D eigenvalue weighted by Gasteiger charge is -2.15. The average molecular weight is 274 g/mol. The third-order valence-electron chi connectivity index (χ3n) is 4.30. The number of likely N-dealkylation sites (N-methyl/N-ethyl adjacent to an activating group) is 1. The number of anilines is 1. The molecule has 20 heavy (non-hydrogen) atoms. The molecular weight excluding hydrogens is 248 g/mol. The Bertz CT molecular complexity index is 439. The molecule has 1 N–H and O–H groups in total. The second kappa shape index (κ2) is 6.78. The Morgan fingerprint density at radius 3 is 2.50 bits per heavy atom. The van der Waals surface area contributed by atoms with Gasteiger partial charge in [-0.15, -0.1) is 0 Å². The number of carbonyl (C=O) groups excluding carboxylic acids is 1. The van der Waals surface area contributed by atoms with E-state index in [1.165, 1.54) is 31.4 Å². The Morgan fingerprint density at radius 2 is 1.95 bits per heavy atom. The highest BCUT2D eigenvalue weighted by molar-refractivity contribution is 5.78. The monoisotopic (exact) mass is 274 g/mol. The van der Waals surface area contributed by atoms with Crippen molar-refractivity contribution in [3.63, 3.8) is 0 Å². The molecule has 0 saturated heterocycles. The van der Waals surface area contributed by atoms with E-state index in [0.29, 0.717) is 12.5 Å². The highest BCUT2D eigenvalue weighted by Gasteiger charge is 2.22. The SMILES string of the molecule is CCC1CCC(Nc2ccc(CC(=O)N(C)C)cc2)C1. The maximum Gasteiger partial charge on any atom is 0.226 e. The number of rotatable bonds is 5. The van der Waals surface area contributed by atoms with Gasteiger partial charge in [0.2, 0.25) is 5.91 Å². The largest absolute Gasteiger partial charge is 0.382 e. The topological polar surface area (TPSA) is 32.3 Å². The van der Waals surface area contributed by atoms with Crippen LogP contribution in [0.2, 0.25) is 0 Å². The lowest BCUT2D eigenvalue weighted by atomic mass is 10.1. The van der Waals surface area contributed by atoms with E-state index in [-0.39, 0.29) is 5.91 Å². The summed E-state index contributed by atoms with van der Waals surface area (Å²) in [6.45, 7) is 2.28. The van der Waals surface area contributed by atoms with Gasteiger partial charge in [-0.25, -0.2) is 0 Å². The maximum atomic E-state index is 11.7. The summed E-state index contributed by atoms with van der Waals surface area (Å²) in [4.78, 5) is 13.3. The predicted octanol–water partition coefficient (Wildman–Crippen LogP) is 3.31. The van der Waals surface area contributed by atoms with Gasteiger partial charge in [-0.05, 0) is 42.9 Å². The van der Waals surface area contributed by atoms with Crippen LogP contribution in [0.3, 0.4) is 0 Å². The van der Waals surface area contributed by atoms with Crippen molar-refractivity contribution in [2.75, 3.05) is 19.4 Å². The van der Waals surface area contributed by atoms with Gasteiger partial charge in [0.1, 0.15) is 0 Å². The summed E-state index contributed by atoms with van der Waals surface area (Å²) in [7, 11) is 3.59. The molecule has 0 bridgehead atoms. The Labute approximate surface area is 122 Å². The summed E-state index contributed by atoms with van der Waals surface area (Å²) in [6.07, 6.45) is 5.69. The lowest BCUT2D eigenvalue weighted by Crippen LogP contribution is -2.23. The van der Waals surface area contributed by atoms with Crippen LogP contribution < -0.4 is 5.32 Å². The highest BCUT2D eigenvalue weighted by atomic mass is 16.2. The first-order chi connectivity index (χ1) is 9.58. The van der Waals surface area contributed by atoms with Crippen molar-refractivity contribution in [1.82, 2.24) is 4.90 Å². The average Bonchev–Trinajstić information content (AvgIpc) is 2.88. The fraction of sp³-hybridized carbons (Fsp3) is 0.588. The Morgan fingerprint density at radius 1 is 1.25 bits per heavy atom. The summed E-state index contributed by atoms with van der Waals surface area (Å²) in [5.74, 6) is 1.04. The van der Waals surface area contributed by atoms with Crippen LogP contribution in [0.4, 0.5) is 5.69 Å². The number of carbonyl (C=O) groups is 1. The van der Waals surface area contributed by atoms with Gasteiger partial charge in [-0.2, -0.15) is 0 Å². The zero-order chi connectivity index (χ0) is 14.5. The van der Waals surface area contributed by atoms with Crippen molar-refractivity contribution in [3.8, 4) is 0 Å². The fourth-order valence-electron chi connectivity index (χ4n) is 2.86. The smallest absolute Gasteiger partial charge is 0.226 e. The van der Waals surface area contributed by atoms with E-state index in [9.17, 15) is 4.79 Å². The van der Waals surface area contributed by atoms with Gasteiger partial charge in [-0.3, -0.25) is 4.79 Å². The molecule has 1 aromatic rings. The van der Waals surface area contributed by atoms with Gasteiger partial charge >= 0.3 is 0 Å². The first-order valence-electron chi connectivity index (χ1n) is 7.64. The van der Waals surface area contributed by atoms with Crippen LogP contribution in [0, 0.1) is 5.92 Å². The van der Waals surface area contributed by atoms with Crippen LogP contribution in [-0.2, 0) is 11.2 Å². The zero-order valence-corrected chi connectivity index (χ0v) is 12.9. The van der Waals surface area contributed by atoms with Gasteiger partial charge in [0.25, 0.3) is 0 Å². The van der Waals surface area contributed by atoms with Crippen molar-refractivity contribution in [1.29, 1.82) is 0 Å². The molecule has 0 spiro atoms. The van der Waals surface area contributed by atoms with E-state index in [1.807, 2.05) is 0 Å². The summed E-state index contributed by atoms with van der Waals surface area (Å²) < 4.78 is 0. The maximum absolute atomic E-state index is 11.7. The molecule has 0 aromatic heterocycles. The van der Waals surface area contributed by atoms with E-state index in [4.69, 9.17) is 0 Å². The molecule has 0 heterocycles. The number of nitrogens with zero attached hydrogens (tertiary/aromatic N) is 1. The van der Waals surface area contributed by atoms with Gasteiger partial charge < -0.3 is 10.2 Å². The first kappa shape index (κ1) is 14.9. The molecule has 1 fully saturated rings. The third-order valence-corrected chi connectivity index (χ3v) is 4.30. The minimum absolute atomic E-state index is 0.146. The molecule has 1 amide bonds. The number of benzene rings is 1. The summed E-state index contributed by atoms with van der Waals surface area (Å²) in [6, 6.07) is 8.91. The second-order valence-corrected chi connectivity index (χ2v) is 6.09. The molecule has 3 heteroatoms. The van der Waals surface area contributed by atoms with E-state index in [2.05, 4.69) is 36.5 Å². The summed E-state index contributed by atoms with van der Waals surface area (Å²) >= 11 is 0. The molecule has 2 atom stereocenters. The quantitative estimate of drug-likeness (QED) is 0.893.